The Morgan fingerprint density at radius 1 is 1.21 bits per heavy atom. The molecule has 0 unspecified atom stereocenters. The third kappa shape index (κ3) is 1.68. The van der Waals surface area contributed by atoms with Gasteiger partial charge in [-0.3, -0.25) is 0 Å². The Bertz CT molecular complexity index is 451. The second-order valence-electron chi connectivity index (χ2n) is 3.06. The van der Waals surface area contributed by atoms with Crippen molar-refractivity contribution in [3.05, 3.63) is 41.4 Å². The fourth-order valence-electron chi connectivity index (χ4n) is 1.47. The van der Waals surface area contributed by atoms with Gasteiger partial charge in [-0.1, -0.05) is 29.8 Å². The predicted octanol–water partition coefficient (Wildman–Crippen LogP) is 3.89. The molecule has 0 aliphatic rings. The predicted molar refractivity (Wildman–Crippen MR) is 60.1 cm³/mol. The van der Waals surface area contributed by atoms with E-state index >= 15 is 0 Å². The van der Waals surface area contributed by atoms with Crippen molar-refractivity contribution in [1.82, 2.24) is 0 Å². The molecule has 0 atom stereocenters. The van der Waals surface area contributed by atoms with Gasteiger partial charge in [0.15, 0.2) is 0 Å². The zero-order chi connectivity index (χ0) is 9.97. The summed E-state index contributed by atoms with van der Waals surface area (Å²) in [6.45, 7) is 2.65. The van der Waals surface area contributed by atoms with Crippen molar-refractivity contribution in [1.29, 1.82) is 0 Å². The number of rotatable bonds is 2. The van der Waals surface area contributed by atoms with Gasteiger partial charge in [-0.25, -0.2) is 0 Å². The van der Waals surface area contributed by atoms with Crippen molar-refractivity contribution < 1.29 is 4.74 Å². The highest BCUT2D eigenvalue weighted by atomic mass is 35.5. The van der Waals surface area contributed by atoms with Crippen LogP contribution in [-0.2, 0) is 0 Å². The van der Waals surface area contributed by atoms with E-state index in [1.54, 1.807) is 0 Å². The van der Waals surface area contributed by atoms with Crippen LogP contribution in [0, 0.1) is 0 Å². The molecule has 0 N–H and O–H groups in total. The topological polar surface area (TPSA) is 9.23 Å². The summed E-state index contributed by atoms with van der Waals surface area (Å²) in [7, 11) is 0. The highest BCUT2D eigenvalue weighted by Gasteiger charge is 1.99. The van der Waals surface area contributed by atoms with Crippen LogP contribution in [0.2, 0.25) is 5.02 Å². The molecule has 1 nitrogen and oxygen atoms in total. The maximum Gasteiger partial charge on any atom is 0.119 e. The van der Waals surface area contributed by atoms with E-state index in [0.29, 0.717) is 6.61 Å². The van der Waals surface area contributed by atoms with Gasteiger partial charge in [0, 0.05) is 10.4 Å². The van der Waals surface area contributed by atoms with E-state index in [4.69, 9.17) is 16.3 Å². The molecular weight excluding hydrogens is 196 g/mol. The van der Waals surface area contributed by atoms with Crippen LogP contribution in [0.1, 0.15) is 6.92 Å². The molecule has 0 saturated heterocycles. The number of hydrogen-bond donors (Lipinski definition) is 0. The molecule has 0 saturated carbocycles. The van der Waals surface area contributed by atoms with Crippen LogP contribution in [0.3, 0.4) is 0 Å². The first-order chi connectivity index (χ1) is 6.81. The highest BCUT2D eigenvalue weighted by molar-refractivity contribution is 6.35. The van der Waals surface area contributed by atoms with Crippen LogP contribution in [0.4, 0.5) is 0 Å². The van der Waals surface area contributed by atoms with Crippen molar-refractivity contribution >= 4 is 22.4 Å². The summed E-state index contributed by atoms with van der Waals surface area (Å²) in [5, 5.41) is 2.95. The largest absolute Gasteiger partial charge is 0.494 e. The second kappa shape index (κ2) is 3.89. The van der Waals surface area contributed by atoms with E-state index in [-0.39, 0.29) is 0 Å². The van der Waals surface area contributed by atoms with Crippen molar-refractivity contribution in [2.24, 2.45) is 0 Å². The van der Waals surface area contributed by atoms with Crippen LogP contribution in [0.5, 0.6) is 5.75 Å². The van der Waals surface area contributed by atoms with Gasteiger partial charge in [0.25, 0.3) is 0 Å². The Kier molecular flexibility index (Phi) is 2.60. The first-order valence-corrected chi connectivity index (χ1v) is 5.00. The van der Waals surface area contributed by atoms with Gasteiger partial charge in [0.05, 0.1) is 6.61 Å². The lowest BCUT2D eigenvalue weighted by Crippen LogP contribution is -1.90. The van der Waals surface area contributed by atoms with Crippen molar-refractivity contribution in [3.63, 3.8) is 0 Å². The lowest BCUT2D eigenvalue weighted by Gasteiger charge is -2.05. The highest BCUT2D eigenvalue weighted by Crippen LogP contribution is 2.27. The minimum absolute atomic E-state index is 0.677. The molecular formula is C12H11ClO. The molecule has 72 valence electrons. The second-order valence-corrected chi connectivity index (χ2v) is 3.46. The standard InChI is InChI=1S/C12H11ClO/c1-2-14-10-7-6-9-4-3-5-12(13)11(9)8-10/h3-8H,2H2,1H3. The number of halogens is 1. The molecule has 0 spiro atoms. The normalized spacial score (nSPS) is 10.4. The number of hydrogen-bond acceptors (Lipinski definition) is 1. The monoisotopic (exact) mass is 206 g/mol. The molecule has 0 fully saturated rings. The average molecular weight is 207 g/mol. The quantitative estimate of drug-likeness (QED) is 0.725. The van der Waals surface area contributed by atoms with Crippen LogP contribution >= 0.6 is 11.6 Å². The van der Waals surface area contributed by atoms with Gasteiger partial charge < -0.3 is 4.74 Å². The molecule has 14 heavy (non-hydrogen) atoms. The summed E-state index contributed by atoms with van der Waals surface area (Å²) in [4.78, 5) is 0. The smallest absolute Gasteiger partial charge is 0.119 e. The van der Waals surface area contributed by atoms with Gasteiger partial charge in [-0.2, -0.15) is 0 Å². The van der Waals surface area contributed by atoms with Crippen LogP contribution < -0.4 is 4.74 Å². The average Bonchev–Trinajstić information content (AvgIpc) is 2.20. The van der Waals surface area contributed by atoms with E-state index in [2.05, 4.69) is 0 Å². The number of benzene rings is 2. The molecule has 2 heteroatoms. The summed E-state index contributed by atoms with van der Waals surface area (Å²) in [6.07, 6.45) is 0. The van der Waals surface area contributed by atoms with E-state index in [1.807, 2.05) is 43.3 Å². The Hall–Kier alpha value is -1.21. The lowest BCUT2D eigenvalue weighted by molar-refractivity contribution is 0.341. The summed E-state index contributed by atoms with van der Waals surface area (Å²) in [5.41, 5.74) is 0. The van der Waals surface area contributed by atoms with Gasteiger partial charge in [0.1, 0.15) is 5.75 Å². The molecule has 0 radical (unpaired) electrons. The fraction of sp³-hybridized carbons (Fsp3) is 0.167. The lowest BCUT2D eigenvalue weighted by atomic mass is 10.1. The summed E-state index contributed by atoms with van der Waals surface area (Å²) >= 11 is 6.07. The van der Waals surface area contributed by atoms with Gasteiger partial charge in [-0.15, -0.1) is 0 Å². The zero-order valence-electron chi connectivity index (χ0n) is 7.96. The zero-order valence-corrected chi connectivity index (χ0v) is 8.71. The summed E-state index contributed by atoms with van der Waals surface area (Å²) in [6, 6.07) is 11.8. The Labute approximate surface area is 88.3 Å². The summed E-state index contributed by atoms with van der Waals surface area (Å²) < 4.78 is 5.41. The molecule has 0 heterocycles. The van der Waals surface area contributed by atoms with E-state index in [1.165, 1.54) is 0 Å². The minimum Gasteiger partial charge on any atom is -0.494 e. The molecule has 2 aromatic rings. The van der Waals surface area contributed by atoms with E-state index < -0.39 is 0 Å². The fourth-order valence-corrected chi connectivity index (χ4v) is 1.71. The molecule has 0 aromatic heterocycles. The van der Waals surface area contributed by atoms with Gasteiger partial charge in [0.2, 0.25) is 0 Å². The molecule has 0 aliphatic carbocycles. The van der Waals surface area contributed by atoms with Gasteiger partial charge in [-0.05, 0) is 30.5 Å². The summed E-state index contributed by atoms with van der Waals surface area (Å²) in [5.74, 6) is 0.869. The molecule has 2 aromatic carbocycles. The van der Waals surface area contributed by atoms with Crippen molar-refractivity contribution in [2.45, 2.75) is 6.92 Å². The molecule has 0 bridgehead atoms. The van der Waals surface area contributed by atoms with Crippen LogP contribution in [0.25, 0.3) is 10.8 Å². The maximum absolute atomic E-state index is 6.07. The third-order valence-corrected chi connectivity index (χ3v) is 2.44. The number of ether oxygens (including phenoxy) is 1. The molecule has 0 amide bonds. The Morgan fingerprint density at radius 3 is 2.86 bits per heavy atom. The van der Waals surface area contributed by atoms with Crippen LogP contribution in [0.15, 0.2) is 36.4 Å². The van der Waals surface area contributed by atoms with Gasteiger partial charge >= 0.3 is 0 Å². The van der Waals surface area contributed by atoms with E-state index in [9.17, 15) is 0 Å². The van der Waals surface area contributed by atoms with Crippen LogP contribution in [-0.4, -0.2) is 6.61 Å². The Morgan fingerprint density at radius 2 is 2.07 bits per heavy atom. The minimum atomic E-state index is 0.677. The number of fused-ring (bicyclic) bond motifs is 1. The SMILES string of the molecule is CCOc1ccc2cccc(Cl)c2c1. The first-order valence-electron chi connectivity index (χ1n) is 4.62. The maximum atomic E-state index is 6.07. The molecule has 2 rings (SSSR count). The first kappa shape index (κ1) is 9.35. The third-order valence-electron chi connectivity index (χ3n) is 2.11. The van der Waals surface area contributed by atoms with E-state index in [0.717, 1.165) is 21.5 Å². The van der Waals surface area contributed by atoms with Crippen molar-refractivity contribution in [2.75, 3.05) is 6.61 Å². The van der Waals surface area contributed by atoms with Crippen molar-refractivity contribution in [3.8, 4) is 5.75 Å². The Balaban J connectivity index is 2.58. The molecule has 0 aliphatic heterocycles.